The second kappa shape index (κ2) is 5.71. The highest BCUT2D eigenvalue weighted by atomic mass is 19.1. The Morgan fingerprint density at radius 3 is 2.00 bits per heavy atom. The van der Waals surface area contributed by atoms with Crippen LogP contribution in [0.25, 0.3) is 0 Å². The first-order valence-corrected chi connectivity index (χ1v) is 6.95. The van der Waals surface area contributed by atoms with Gasteiger partial charge in [-0.05, 0) is 54.2 Å². The molecule has 20 heavy (non-hydrogen) atoms. The van der Waals surface area contributed by atoms with E-state index in [0.29, 0.717) is 12.5 Å². The second-order valence-corrected chi connectivity index (χ2v) is 5.37. The van der Waals surface area contributed by atoms with Crippen LogP contribution in [-0.4, -0.2) is 0 Å². The Morgan fingerprint density at radius 2 is 1.45 bits per heavy atom. The highest BCUT2D eigenvalue weighted by Gasteiger charge is 2.31. The minimum absolute atomic E-state index is 0.207. The van der Waals surface area contributed by atoms with Gasteiger partial charge in [-0.3, -0.25) is 0 Å². The quantitative estimate of drug-likeness (QED) is 0.860. The average molecular weight is 273 g/mol. The van der Waals surface area contributed by atoms with Crippen LogP contribution in [-0.2, 0) is 6.54 Å². The smallest absolute Gasteiger partial charge is 0.123 e. The Labute approximate surface area is 117 Å². The van der Waals surface area contributed by atoms with Crippen LogP contribution in [0.3, 0.4) is 0 Å². The van der Waals surface area contributed by atoms with Crippen molar-refractivity contribution in [3.8, 4) is 0 Å². The Kier molecular flexibility index (Phi) is 3.79. The van der Waals surface area contributed by atoms with Gasteiger partial charge in [0, 0.05) is 12.6 Å². The molecule has 1 atom stereocenters. The molecule has 104 valence electrons. The van der Waals surface area contributed by atoms with E-state index in [1.165, 1.54) is 37.1 Å². The van der Waals surface area contributed by atoms with Gasteiger partial charge < -0.3 is 5.32 Å². The zero-order valence-electron chi connectivity index (χ0n) is 11.2. The number of nitrogens with one attached hydrogen (secondary N) is 1. The van der Waals surface area contributed by atoms with Gasteiger partial charge in [0.15, 0.2) is 0 Å². The second-order valence-electron chi connectivity index (χ2n) is 5.37. The lowest BCUT2D eigenvalue weighted by Crippen LogP contribution is -2.22. The molecule has 0 aliphatic heterocycles. The molecule has 0 saturated heterocycles. The molecule has 0 spiro atoms. The lowest BCUT2D eigenvalue weighted by molar-refractivity contribution is 0.479. The fraction of sp³-hybridized carbons (Fsp3) is 0.294. The predicted molar refractivity (Wildman–Crippen MR) is 75.1 cm³/mol. The molecule has 2 aromatic carbocycles. The van der Waals surface area contributed by atoms with Crippen LogP contribution in [0.15, 0.2) is 48.5 Å². The van der Waals surface area contributed by atoms with Crippen molar-refractivity contribution in [2.45, 2.75) is 25.4 Å². The van der Waals surface area contributed by atoms with Crippen molar-refractivity contribution < 1.29 is 8.78 Å². The highest BCUT2D eigenvalue weighted by Crippen LogP contribution is 2.41. The van der Waals surface area contributed by atoms with E-state index >= 15 is 0 Å². The molecule has 1 nitrogen and oxygen atoms in total. The summed E-state index contributed by atoms with van der Waals surface area (Å²) in [6.45, 7) is 0.693. The van der Waals surface area contributed by atoms with Crippen molar-refractivity contribution in [1.82, 2.24) is 5.32 Å². The molecule has 0 heterocycles. The third kappa shape index (κ3) is 3.23. The van der Waals surface area contributed by atoms with Gasteiger partial charge in [0.2, 0.25) is 0 Å². The molecule has 0 aromatic heterocycles. The molecular weight excluding hydrogens is 256 g/mol. The molecule has 2 aromatic rings. The minimum atomic E-state index is -0.217. The standard InChI is InChI=1S/C17H17F2N/c18-15-7-1-12(2-8-15)11-20-17(13-3-4-13)14-5-9-16(19)10-6-14/h1-2,5-10,13,17,20H,3-4,11H2. The first-order chi connectivity index (χ1) is 9.72. The van der Waals surface area contributed by atoms with E-state index in [9.17, 15) is 8.78 Å². The van der Waals surface area contributed by atoms with Crippen LogP contribution in [0, 0.1) is 17.6 Å². The first kappa shape index (κ1) is 13.3. The lowest BCUT2D eigenvalue weighted by atomic mass is 10.0. The van der Waals surface area contributed by atoms with Crippen LogP contribution in [0.4, 0.5) is 8.78 Å². The number of hydrogen-bond acceptors (Lipinski definition) is 1. The molecule has 1 saturated carbocycles. The number of hydrogen-bond donors (Lipinski definition) is 1. The van der Waals surface area contributed by atoms with Gasteiger partial charge in [0.05, 0.1) is 0 Å². The largest absolute Gasteiger partial charge is 0.306 e. The number of halogens is 2. The van der Waals surface area contributed by atoms with Crippen LogP contribution in [0.1, 0.15) is 30.0 Å². The monoisotopic (exact) mass is 273 g/mol. The van der Waals surface area contributed by atoms with Crippen LogP contribution >= 0.6 is 0 Å². The van der Waals surface area contributed by atoms with Crippen LogP contribution < -0.4 is 5.32 Å². The fourth-order valence-corrected chi connectivity index (χ4v) is 2.49. The molecule has 0 amide bonds. The van der Waals surface area contributed by atoms with Crippen LogP contribution in [0.2, 0.25) is 0 Å². The summed E-state index contributed by atoms with van der Waals surface area (Å²) in [6.07, 6.45) is 2.41. The van der Waals surface area contributed by atoms with Crippen molar-refractivity contribution in [2.75, 3.05) is 0 Å². The van der Waals surface area contributed by atoms with Crippen LogP contribution in [0.5, 0.6) is 0 Å². The van der Waals surface area contributed by atoms with Gasteiger partial charge >= 0.3 is 0 Å². The normalized spacial score (nSPS) is 16.1. The van der Waals surface area contributed by atoms with Crippen molar-refractivity contribution in [3.63, 3.8) is 0 Å². The molecule has 0 radical (unpaired) electrons. The molecule has 1 aliphatic carbocycles. The Morgan fingerprint density at radius 1 is 0.900 bits per heavy atom. The van der Waals surface area contributed by atoms with E-state index in [-0.39, 0.29) is 17.7 Å². The molecule has 0 bridgehead atoms. The van der Waals surface area contributed by atoms with Gasteiger partial charge in [0.25, 0.3) is 0 Å². The van der Waals surface area contributed by atoms with Gasteiger partial charge in [-0.2, -0.15) is 0 Å². The zero-order valence-corrected chi connectivity index (χ0v) is 11.2. The van der Waals surface area contributed by atoms with Crippen molar-refractivity contribution >= 4 is 0 Å². The Hall–Kier alpha value is -1.74. The van der Waals surface area contributed by atoms with E-state index in [4.69, 9.17) is 0 Å². The topological polar surface area (TPSA) is 12.0 Å². The van der Waals surface area contributed by atoms with Gasteiger partial charge in [-0.25, -0.2) is 8.78 Å². The van der Waals surface area contributed by atoms with E-state index in [1.54, 1.807) is 12.1 Å². The maximum absolute atomic E-state index is 13.0. The molecule has 1 unspecified atom stereocenters. The molecule has 1 N–H and O–H groups in total. The Bertz CT molecular complexity index is 559. The van der Waals surface area contributed by atoms with Crippen molar-refractivity contribution in [3.05, 3.63) is 71.3 Å². The maximum atomic E-state index is 13.0. The van der Waals surface area contributed by atoms with Crippen molar-refractivity contribution in [1.29, 1.82) is 0 Å². The fourth-order valence-electron chi connectivity index (χ4n) is 2.49. The summed E-state index contributed by atoms with van der Waals surface area (Å²) in [5.41, 5.74) is 2.18. The first-order valence-electron chi connectivity index (χ1n) is 6.95. The SMILES string of the molecule is Fc1ccc(CNC(c2ccc(F)cc2)C2CC2)cc1. The molecular formula is C17H17F2N. The predicted octanol–water partition coefficient (Wildman–Crippen LogP) is 4.21. The molecule has 3 heteroatoms. The zero-order chi connectivity index (χ0) is 13.9. The molecule has 1 aliphatic rings. The van der Waals surface area contributed by atoms with E-state index in [0.717, 1.165) is 11.1 Å². The van der Waals surface area contributed by atoms with E-state index < -0.39 is 0 Å². The molecule has 3 rings (SSSR count). The lowest BCUT2D eigenvalue weighted by Gasteiger charge is -2.19. The summed E-state index contributed by atoms with van der Waals surface area (Å²) in [4.78, 5) is 0. The van der Waals surface area contributed by atoms with E-state index in [1.807, 2.05) is 12.1 Å². The summed E-state index contributed by atoms with van der Waals surface area (Å²) >= 11 is 0. The number of rotatable bonds is 5. The van der Waals surface area contributed by atoms with Gasteiger partial charge in [-0.1, -0.05) is 24.3 Å². The Balaban J connectivity index is 1.68. The minimum Gasteiger partial charge on any atom is -0.306 e. The maximum Gasteiger partial charge on any atom is 0.123 e. The highest BCUT2D eigenvalue weighted by molar-refractivity contribution is 5.23. The van der Waals surface area contributed by atoms with E-state index in [2.05, 4.69) is 5.32 Å². The van der Waals surface area contributed by atoms with Gasteiger partial charge in [-0.15, -0.1) is 0 Å². The third-order valence-corrected chi connectivity index (χ3v) is 3.76. The third-order valence-electron chi connectivity index (χ3n) is 3.76. The average Bonchev–Trinajstić information content (AvgIpc) is 3.28. The molecule has 1 fully saturated rings. The summed E-state index contributed by atoms with van der Waals surface area (Å²) in [7, 11) is 0. The van der Waals surface area contributed by atoms with Gasteiger partial charge in [0.1, 0.15) is 11.6 Å². The number of benzene rings is 2. The van der Waals surface area contributed by atoms with Crippen molar-refractivity contribution in [2.24, 2.45) is 5.92 Å². The summed E-state index contributed by atoms with van der Waals surface area (Å²) in [6, 6.07) is 13.5. The summed E-state index contributed by atoms with van der Waals surface area (Å²) in [5.74, 6) is 0.203. The summed E-state index contributed by atoms with van der Waals surface area (Å²) in [5, 5.41) is 3.51. The summed E-state index contributed by atoms with van der Waals surface area (Å²) < 4.78 is 25.9.